The number of anilines is 2. The van der Waals surface area contributed by atoms with Crippen molar-refractivity contribution in [3.63, 3.8) is 0 Å². The number of carbonyl (C=O) groups excluding carboxylic acids is 2. The third-order valence-corrected chi connectivity index (χ3v) is 3.51. The Bertz CT molecular complexity index is 637. The minimum absolute atomic E-state index is 0.00771. The average molecular weight is 345 g/mol. The predicted molar refractivity (Wildman–Crippen MR) is 74.5 cm³/mol. The Morgan fingerprint density at radius 2 is 2.21 bits per heavy atom. The van der Waals surface area contributed by atoms with E-state index in [2.05, 4.69) is 31.5 Å². The Balaban J connectivity index is 2.25. The molecule has 0 bridgehead atoms. The van der Waals surface area contributed by atoms with Gasteiger partial charge in [0.25, 0.3) is 11.8 Å². The van der Waals surface area contributed by atoms with Gasteiger partial charge in [-0.15, -0.1) is 0 Å². The SMILES string of the molecule is CNc1nc(C(N)=O)c(NC(=O)c2ccc(Br)o2)s1. The summed E-state index contributed by atoms with van der Waals surface area (Å²) in [4.78, 5) is 27.1. The molecule has 2 aromatic heterocycles. The van der Waals surface area contributed by atoms with E-state index in [1.807, 2.05) is 0 Å². The van der Waals surface area contributed by atoms with Crippen LogP contribution in [0.2, 0.25) is 0 Å². The van der Waals surface area contributed by atoms with Crippen LogP contribution < -0.4 is 16.4 Å². The second kappa shape index (κ2) is 5.41. The van der Waals surface area contributed by atoms with E-state index in [1.54, 1.807) is 13.1 Å². The second-order valence-electron chi connectivity index (χ2n) is 3.37. The van der Waals surface area contributed by atoms with Gasteiger partial charge >= 0.3 is 0 Å². The van der Waals surface area contributed by atoms with Crippen molar-refractivity contribution in [2.45, 2.75) is 0 Å². The van der Waals surface area contributed by atoms with E-state index in [-0.39, 0.29) is 16.5 Å². The van der Waals surface area contributed by atoms with Crippen molar-refractivity contribution in [1.82, 2.24) is 4.98 Å². The van der Waals surface area contributed by atoms with E-state index in [9.17, 15) is 9.59 Å². The van der Waals surface area contributed by atoms with Crippen molar-refractivity contribution in [2.75, 3.05) is 17.7 Å². The standard InChI is InChI=1S/C10H9BrN4O3S/c1-13-10-14-6(7(12)16)9(19-10)15-8(17)4-2-3-5(11)18-4/h2-3H,1H3,(H2,12,16)(H,13,14)(H,15,17). The van der Waals surface area contributed by atoms with Crippen LogP contribution in [0.25, 0.3) is 0 Å². The summed E-state index contributed by atoms with van der Waals surface area (Å²) >= 11 is 4.21. The number of thiazole rings is 1. The minimum atomic E-state index is -0.714. The molecule has 0 spiro atoms. The van der Waals surface area contributed by atoms with E-state index in [0.717, 1.165) is 11.3 Å². The zero-order valence-electron chi connectivity index (χ0n) is 9.69. The van der Waals surface area contributed by atoms with Crippen molar-refractivity contribution in [3.8, 4) is 0 Å². The number of nitrogens with zero attached hydrogens (tertiary/aromatic N) is 1. The molecule has 9 heteroatoms. The maximum atomic E-state index is 11.9. The molecule has 0 fully saturated rings. The molecular weight excluding hydrogens is 336 g/mol. The van der Waals surface area contributed by atoms with Gasteiger partial charge in [-0.25, -0.2) is 4.98 Å². The molecule has 2 heterocycles. The maximum Gasteiger partial charge on any atom is 0.292 e. The number of furan rings is 1. The number of nitrogens with one attached hydrogen (secondary N) is 2. The summed E-state index contributed by atoms with van der Waals surface area (Å²) in [6.45, 7) is 0. The minimum Gasteiger partial charge on any atom is -0.444 e. The first kappa shape index (κ1) is 13.6. The number of halogens is 1. The fourth-order valence-electron chi connectivity index (χ4n) is 1.28. The van der Waals surface area contributed by atoms with Crippen LogP contribution in [0.15, 0.2) is 21.2 Å². The van der Waals surface area contributed by atoms with Crippen molar-refractivity contribution < 1.29 is 14.0 Å². The maximum absolute atomic E-state index is 11.9. The Morgan fingerprint density at radius 1 is 1.47 bits per heavy atom. The van der Waals surface area contributed by atoms with Gasteiger partial charge in [0.1, 0.15) is 5.00 Å². The molecule has 0 aliphatic rings. The largest absolute Gasteiger partial charge is 0.444 e. The average Bonchev–Trinajstić information content (AvgIpc) is 2.95. The number of hydrogen-bond acceptors (Lipinski definition) is 6. The fourth-order valence-corrected chi connectivity index (χ4v) is 2.41. The first-order valence-electron chi connectivity index (χ1n) is 5.06. The first-order valence-corrected chi connectivity index (χ1v) is 6.67. The molecule has 0 aliphatic carbocycles. The van der Waals surface area contributed by atoms with Gasteiger partial charge in [0.15, 0.2) is 21.3 Å². The lowest BCUT2D eigenvalue weighted by Gasteiger charge is -2.00. The highest BCUT2D eigenvalue weighted by Gasteiger charge is 2.19. The van der Waals surface area contributed by atoms with Crippen LogP contribution >= 0.6 is 27.3 Å². The number of hydrogen-bond donors (Lipinski definition) is 3. The van der Waals surface area contributed by atoms with Crippen LogP contribution in [-0.2, 0) is 0 Å². The lowest BCUT2D eigenvalue weighted by molar-refractivity contribution is 0.0996. The number of carbonyl (C=O) groups is 2. The van der Waals surface area contributed by atoms with Gasteiger partial charge in [0.05, 0.1) is 0 Å². The van der Waals surface area contributed by atoms with Crippen molar-refractivity contribution in [1.29, 1.82) is 0 Å². The summed E-state index contributed by atoms with van der Waals surface area (Å²) in [7, 11) is 1.65. The van der Waals surface area contributed by atoms with Crippen LogP contribution in [0.1, 0.15) is 21.0 Å². The van der Waals surface area contributed by atoms with Gasteiger partial charge < -0.3 is 20.8 Å². The topological polar surface area (TPSA) is 110 Å². The molecule has 19 heavy (non-hydrogen) atoms. The molecule has 4 N–H and O–H groups in total. The number of amides is 2. The summed E-state index contributed by atoms with van der Waals surface area (Å²) in [5, 5.41) is 6.06. The van der Waals surface area contributed by atoms with Crippen molar-refractivity contribution >= 4 is 49.2 Å². The van der Waals surface area contributed by atoms with Crippen LogP contribution in [0.3, 0.4) is 0 Å². The molecule has 0 atom stereocenters. The van der Waals surface area contributed by atoms with Crippen LogP contribution in [0, 0.1) is 0 Å². The number of nitrogens with two attached hydrogens (primary N) is 1. The van der Waals surface area contributed by atoms with Crippen molar-refractivity contribution in [2.24, 2.45) is 5.73 Å². The van der Waals surface area contributed by atoms with Gasteiger partial charge in [0.2, 0.25) is 0 Å². The number of rotatable bonds is 4. The molecule has 2 aromatic rings. The lowest BCUT2D eigenvalue weighted by Crippen LogP contribution is -2.17. The molecule has 0 unspecified atom stereocenters. The Kier molecular flexibility index (Phi) is 3.86. The summed E-state index contributed by atoms with van der Waals surface area (Å²) in [6, 6.07) is 3.10. The van der Waals surface area contributed by atoms with Gasteiger partial charge in [-0.3, -0.25) is 9.59 Å². The zero-order chi connectivity index (χ0) is 14.0. The van der Waals surface area contributed by atoms with Gasteiger partial charge in [0, 0.05) is 7.05 Å². The Labute approximate surface area is 120 Å². The molecule has 0 radical (unpaired) electrons. The van der Waals surface area contributed by atoms with Crippen LogP contribution in [0.5, 0.6) is 0 Å². The van der Waals surface area contributed by atoms with E-state index in [1.165, 1.54) is 6.07 Å². The number of primary amides is 1. The summed E-state index contributed by atoms with van der Waals surface area (Å²) < 4.78 is 5.55. The molecule has 0 aliphatic heterocycles. The second-order valence-corrected chi connectivity index (χ2v) is 5.15. The number of aromatic nitrogens is 1. The molecule has 7 nitrogen and oxygen atoms in total. The molecular formula is C10H9BrN4O3S. The smallest absolute Gasteiger partial charge is 0.292 e. The molecule has 0 saturated heterocycles. The van der Waals surface area contributed by atoms with E-state index < -0.39 is 11.8 Å². The van der Waals surface area contributed by atoms with Gasteiger partial charge in [-0.1, -0.05) is 11.3 Å². The molecule has 0 saturated carbocycles. The normalized spacial score (nSPS) is 10.2. The Morgan fingerprint density at radius 3 is 2.74 bits per heavy atom. The predicted octanol–water partition coefficient (Wildman–Crippen LogP) is 1.89. The highest BCUT2D eigenvalue weighted by atomic mass is 79.9. The molecule has 100 valence electrons. The summed E-state index contributed by atoms with van der Waals surface area (Å²) in [5.41, 5.74) is 5.20. The van der Waals surface area contributed by atoms with Crippen LogP contribution in [-0.4, -0.2) is 23.8 Å². The van der Waals surface area contributed by atoms with Gasteiger partial charge in [-0.05, 0) is 28.1 Å². The van der Waals surface area contributed by atoms with Gasteiger partial charge in [-0.2, -0.15) is 0 Å². The van der Waals surface area contributed by atoms with E-state index in [4.69, 9.17) is 10.2 Å². The summed E-state index contributed by atoms with van der Waals surface area (Å²) in [6.07, 6.45) is 0. The molecule has 2 rings (SSSR count). The van der Waals surface area contributed by atoms with Crippen molar-refractivity contribution in [3.05, 3.63) is 28.3 Å². The third-order valence-electron chi connectivity index (χ3n) is 2.10. The van der Waals surface area contributed by atoms with Crippen LogP contribution in [0.4, 0.5) is 10.1 Å². The summed E-state index contributed by atoms with van der Waals surface area (Å²) in [5.74, 6) is -1.09. The van der Waals surface area contributed by atoms with E-state index in [0.29, 0.717) is 9.80 Å². The Hall–Kier alpha value is -1.87. The highest BCUT2D eigenvalue weighted by Crippen LogP contribution is 2.28. The fraction of sp³-hybridized carbons (Fsp3) is 0.100. The highest BCUT2D eigenvalue weighted by molar-refractivity contribution is 9.10. The molecule has 2 amide bonds. The monoisotopic (exact) mass is 344 g/mol. The third kappa shape index (κ3) is 2.93. The molecule has 0 aromatic carbocycles. The quantitative estimate of drug-likeness (QED) is 0.784. The zero-order valence-corrected chi connectivity index (χ0v) is 12.1. The lowest BCUT2D eigenvalue weighted by atomic mass is 10.4. The van der Waals surface area contributed by atoms with E-state index >= 15 is 0 Å². The first-order chi connectivity index (χ1) is 9.01.